The molecule has 0 radical (unpaired) electrons. The van der Waals surface area contributed by atoms with Crippen LogP contribution in [0.1, 0.15) is 31.8 Å². The Balaban J connectivity index is 1.08. The summed E-state index contributed by atoms with van der Waals surface area (Å²) in [7, 11) is 0. The molecule has 214 valence electrons. The van der Waals surface area contributed by atoms with Gasteiger partial charge in [0.25, 0.3) is 0 Å². The predicted octanol–water partition coefficient (Wildman–Crippen LogP) is 8.56. The minimum absolute atomic E-state index is 0.0858. The Labute approximate surface area is 255 Å². The van der Waals surface area contributed by atoms with Crippen LogP contribution in [0.5, 0.6) is 23.0 Å². The molecular weight excluding hydrogens is 548 g/mol. The number of rotatable bonds is 9. The Morgan fingerprint density at radius 3 is 1.02 bits per heavy atom. The molecule has 0 atom stereocenters. The average molecular weight is 577 g/mol. The second kappa shape index (κ2) is 12.4. The Kier molecular flexibility index (Phi) is 7.88. The van der Waals surface area contributed by atoms with Crippen LogP contribution in [0.15, 0.2) is 146 Å². The number of benzene rings is 6. The fraction of sp³-hybridized carbons (Fsp3) is 0. The van der Waals surface area contributed by atoms with E-state index >= 15 is 0 Å². The summed E-state index contributed by atoms with van der Waals surface area (Å²) in [6, 6.07) is 43.2. The van der Waals surface area contributed by atoms with Gasteiger partial charge in [-0.1, -0.05) is 60.7 Å². The van der Waals surface area contributed by atoms with Gasteiger partial charge >= 0.3 is 0 Å². The van der Waals surface area contributed by atoms with Gasteiger partial charge in [-0.05, 0) is 83.9 Å². The van der Waals surface area contributed by atoms with Gasteiger partial charge in [0.2, 0.25) is 0 Å². The molecule has 0 heterocycles. The number of carbonyl (C=O) groups excluding carboxylic acids is 2. The Bertz CT molecular complexity index is 1790. The van der Waals surface area contributed by atoms with Gasteiger partial charge in [0, 0.05) is 45.8 Å². The molecule has 0 aromatic heterocycles. The molecule has 6 aromatic rings. The van der Waals surface area contributed by atoms with Crippen LogP contribution in [-0.2, 0) is 0 Å². The summed E-state index contributed by atoms with van der Waals surface area (Å²) in [6.45, 7) is 0. The van der Waals surface area contributed by atoms with Crippen molar-refractivity contribution >= 4 is 22.9 Å². The van der Waals surface area contributed by atoms with E-state index in [0.29, 0.717) is 56.6 Å². The molecule has 0 aliphatic heterocycles. The molecule has 44 heavy (non-hydrogen) atoms. The lowest BCUT2D eigenvalue weighted by molar-refractivity contribution is 0.103. The highest BCUT2D eigenvalue weighted by molar-refractivity contribution is 6.10. The quantitative estimate of drug-likeness (QED) is 0.132. The summed E-state index contributed by atoms with van der Waals surface area (Å²) in [4.78, 5) is 26.2. The molecule has 0 aliphatic rings. The number of ether oxygens (including phenoxy) is 2. The normalized spacial score (nSPS) is 10.6. The van der Waals surface area contributed by atoms with E-state index in [9.17, 15) is 9.59 Å². The Morgan fingerprint density at radius 2 is 0.705 bits per heavy atom. The number of nitrogens with two attached hydrogens (primary N) is 2. The molecule has 0 unspecified atom stereocenters. The molecule has 6 aromatic carbocycles. The third-order valence-electron chi connectivity index (χ3n) is 7.05. The van der Waals surface area contributed by atoms with Crippen LogP contribution in [-0.4, -0.2) is 11.6 Å². The van der Waals surface area contributed by atoms with Crippen molar-refractivity contribution < 1.29 is 19.1 Å². The second-order valence-electron chi connectivity index (χ2n) is 10.2. The zero-order valence-electron chi connectivity index (χ0n) is 23.6. The third kappa shape index (κ3) is 6.50. The molecule has 6 heteroatoms. The first-order valence-electron chi connectivity index (χ1n) is 14.0. The fourth-order valence-electron chi connectivity index (χ4n) is 4.74. The van der Waals surface area contributed by atoms with Gasteiger partial charge in [0.1, 0.15) is 23.0 Å². The standard InChI is InChI=1S/C38H28N2O4/c39-31-3-1-5-35(23-31)43-33-19-15-29(16-20-33)37(41)27-11-7-25(8-12-27)26-9-13-28(14-10-26)38(42)30-17-21-34(22-18-30)44-36-6-2-4-32(40)24-36/h1-24H,39-40H2. The first-order chi connectivity index (χ1) is 21.4. The third-order valence-corrected chi connectivity index (χ3v) is 7.05. The maximum atomic E-state index is 13.1. The summed E-state index contributed by atoms with van der Waals surface area (Å²) in [5.41, 5.74) is 17.0. The summed E-state index contributed by atoms with van der Waals surface area (Å²) in [5.74, 6) is 2.32. The lowest BCUT2D eigenvalue weighted by Gasteiger charge is -2.09. The summed E-state index contributed by atoms with van der Waals surface area (Å²) in [6.07, 6.45) is 0. The van der Waals surface area contributed by atoms with Crippen LogP contribution in [0, 0.1) is 0 Å². The van der Waals surface area contributed by atoms with E-state index in [2.05, 4.69) is 0 Å². The molecule has 0 amide bonds. The molecule has 0 bridgehead atoms. The largest absolute Gasteiger partial charge is 0.457 e. The molecule has 0 fully saturated rings. The summed E-state index contributed by atoms with van der Waals surface area (Å²) >= 11 is 0. The summed E-state index contributed by atoms with van der Waals surface area (Å²) in [5, 5.41) is 0. The zero-order chi connectivity index (χ0) is 30.5. The van der Waals surface area contributed by atoms with E-state index in [1.807, 2.05) is 48.5 Å². The van der Waals surface area contributed by atoms with Crippen LogP contribution >= 0.6 is 0 Å². The van der Waals surface area contributed by atoms with E-state index in [1.165, 1.54) is 0 Å². The molecule has 0 saturated carbocycles. The number of hydrogen-bond acceptors (Lipinski definition) is 6. The van der Waals surface area contributed by atoms with Crippen LogP contribution in [0.25, 0.3) is 11.1 Å². The van der Waals surface area contributed by atoms with E-state index < -0.39 is 0 Å². The lowest BCUT2D eigenvalue weighted by Crippen LogP contribution is -2.01. The van der Waals surface area contributed by atoms with Crippen molar-refractivity contribution in [3.63, 3.8) is 0 Å². The smallest absolute Gasteiger partial charge is 0.193 e. The van der Waals surface area contributed by atoms with Gasteiger partial charge in [-0.15, -0.1) is 0 Å². The Morgan fingerprint density at radius 1 is 0.386 bits per heavy atom. The maximum absolute atomic E-state index is 13.1. The number of nitrogen functional groups attached to an aromatic ring is 2. The molecule has 4 N–H and O–H groups in total. The van der Waals surface area contributed by atoms with Gasteiger partial charge in [-0.3, -0.25) is 9.59 Å². The van der Waals surface area contributed by atoms with Crippen molar-refractivity contribution in [1.29, 1.82) is 0 Å². The van der Waals surface area contributed by atoms with Crippen molar-refractivity contribution in [3.8, 4) is 34.1 Å². The molecule has 6 nitrogen and oxygen atoms in total. The first-order valence-corrected chi connectivity index (χ1v) is 14.0. The molecule has 0 aliphatic carbocycles. The van der Waals surface area contributed by atoms with E-state index in [-0.39, 0.29) is 11.6 Å². The number of hydrogen-bond donors (Lipinski definition) is 2. The van der Waals surface area contributed by atoms with E-state index in [1.54, 1.807) is 97.1 Å². The number of ketones is 2. The van der Waals surface area contributed by atoms with Crippen LogP contribution in [0.3, 0.4) is 0 Å². The van der Waals surface area contributed by atoms with Crippen LogP contribution < -0.4 is 20.9 Å². The highest BCUT2D eigenvalue weighted by Gasteiger charge is 2.12. The molecule has 6 rings (SSSR count). The minimum atomic E-state index is -0.0858. The van der Waals surface area contributed by atoms with Crippen molar-refractivity contribution in [2.75, 3.05) is 11.5 Å². The fourth-order valence-corrected chi connectivity index (χ4v) is 4.74. The minimum Gasteiger partial charge on any atom is -0.457 e. The lowest BCUT2D eigenvalue weighted by atomic mass is 9.97. The number of carbonyl (C=O) groups is 2. The number of anilines is 2. The maximum Gasteiger partial charge on any atom is 0.193 e. The summed E-state index contributed by atoms with van der Waals surface area (Å²) < 4.78 is 11.6. The van der Waals surface area contributed by atoms with Crippen LogP contribution in [0.2, 0.25) is 0 Å². The van der Waals surface area contributed by atoms with Gasteiger partial charge in [0.15, 0.2) is 11.6 Å². The van der Waals surface area contributed by atoms with Crippen molar-refractivity contribution in [3.05, 3.63) is 168 Å². The van der Waals surface area contributed by atoms with Crippen molar-refractivity contribution in [2.45, 2.75) is 0 Å². The average Bonchev–Trinajstić information content (AvgIpc) is 3.05. The van der Waals surface area contributed by atoms with E-state index in [4.69, 9.17) is 20.9 Å². The van der Waals surface area contributed by atoms with Crippen molar-refractivity contribution in [2.24, 2.45) is 0 Å². The zero-order valence-corrected chi connectivity index (χ0v) is 23.6. The van der Waals surface area contributed by atoms with Crippen molar-refractivity contribution in [1.82, 2.24) is 0 Å². The molecule has 0 spiro atoms. The predicted molar refractivity (Wildman–Crippen MR) is 173 cm³/mol. The van der Waals surface area contributed by atoms with Gasteiger partial charge in [0.05, 0.1) is 0 Å². The highest BCUT2D eigenvalue weighted by Crippen LogP contribution is 2.27. The molecule has 0 saturated heterocycles. The second-order valence-corrected chi connectivity index (χ2v) is 10.2. The monoisotopic (exact) mass is 576 g/mol. The van der Waals surface area contributed by atoms with Gasteiger partial charge in [-0.25, -0.2) is 0 Å². The van der Waals surface area contributed by atoms with Gasteiger partial charge in [-0.2, -0.15) is 0 Å². The van der Waals surface area contributed by atoms with Crippen LogP contribution in [0.4, 0.5) is 11.4 Å². The SMILES string of the molecule is Nc1cccc(Oc2ccc(C(=O)c3ccc(-c4ccc(C(=O)c5ccc(Oc6cccc(N)c6)cc5)cc4)cc3)cc2)c1. The molecular formula is C38H28N2O4. The first kappa shape index (κ1) is 28.0. The Hall–Kier alpha value is -6.14. The topological polar surface area (TPSA) is 105 Å². The van der Waals surface area contributed by atoms with E-state index in [0.717, 1.165) is 11.1 Å². The van der Waals surface area contributed by atoms with Gasteiger partial charge < -0.3 is 20.9 Å². The highest BCUT2D eigenvalue weighted by atomic mass is 16.5.